The second-order valence-corrected chi connectivity index (χ2v) is 7.77. The molecule has 0 aliphatic carbocycles. The Bertz CT molecular complexity index is 1040. The van der Waals surface area contributed by atoms with E-state index in [1.165, 1.54) is 17.7 Å². The average molecular weight is 537 g/mol. The number of aryl methyl sites for hydroxylation is 1. The molecule has 0 radical (unpaired) electrons. The number of hydrogen-bond acceptors (Lipinski definition) is 3. The molecule has 0 saturated carbocycles. The zero-order chi connectivity index (χ0) is 21.1. The fraction of sp³-hybridized carbons (Fsp3) is 0.391. The number of halogens is 2. The molecule has 3 aromatic rings. The number of imidazole rings is 1. The lowest BCUT2D eigenvalue weighted by atomic mass is 10.1. The van der Waals surface area contributed by atoms with Gasteiger partial charge in [0, 0.05) is 39.0 Å². The zero-order valence-corrected chi connectivity index (χ0v) is 20.4. The first-order valence-electron chi connectivity index (χ1n) is 10.3. The van der Waals surface area contributed by atoms with Gasteiger partial charge in [-0.05, 0) is 43.2 Å². The molecular weight excluding hydrogens is 508 g/mol. The van der Waals surface area contributed by atoms with Crippen LogP contribution in [0, 0.1) is 12.7 Å². The second-order valence-electron chi connectivity index (χ2n) is 7.77. The molecule has 31 heavy (non-hydrogen) atoms. The molecule has 4 rings (SSSR count). The maximum absolute atomic E-state index is 13.3. The third kappa shape index (κ3) is 5.54. The van der Waals surface area contributed by atoms with Crippen LogP contribution in [0.5, 0.6) is 0 Å². The van der Waals surface area contributed by atoms with E-state index < -0.39 is 0 Å². The molecule has 0 bridgehead atoms. The summed E-state index contributed by atoms with van der Waals surface area (Å²) >= 11 is 0. The summed E-state index contributed by atoms with van der Waals surface area (Å²) in [6.45, 7) is 6.29. The summed E-state index contributed by atoms with van der Waals surface area (Å²) in [6, 6.07) is 10.6. The van der Waals surface area contributed by atoms with Crippen molar-refractivity contribution in [3.05, 3.63) is 71.4 Å². The SMILES string of the molecule is CN=C(NCCc1cn2cccc(C)c2n1)N1CC(C)OC(c2ccc(F)cc2)C1.I. The molecule has 2 unspecified atom stereocenters. The number of nitrogens with one attached hydrogen (secondary N) is 1. The lowest BCUT2D eigenvalue weighted by molar-refractivity contribution is -0.0604. The molecule has 8 heteroatoms. The van der Waals surface area contributed by atoms with E-state index in [9.17, 15) is 4.39 Å². The summed E-state index contributed by atoms with van der Waals surface area (Å²) in [6.07, 6.45) is 4.84. The van der Waals surface area contributed by atoms with E-state index in [0.717, 1.165) is 42.4 Å². The lowest BCUT2D eigenvalue weighted by Crippen LogP contribution is -2.51. The summed E-state index contributed by atoms with van der Waals surface area (Å²) in [5.41, 5.74) is 4.19. The number of aromatic nitrogens is 2. The lowest BCUT2D eigenvalue weighted by Gasteiger charge is -2.38. The number of ether oxygens (including phenoxy) is 1. The van der Waals surface area contributed by atoms with E-state index >= 15 is 0 Å². The molecule has 0 spiro atoms. The zero-order valence-electron chi connectivity index (χ0n) is 18.1. The van der Waals surface area contributed by atoms with Crippen LogP contribution < -0.4 is 5.32 Å². The highest BCUT2D eigenvalue weighted by molar-refractivity contribution is 14.0. The van der Waals surface area contributed by atoms with E-state index in [1.54, 1.807) is 19.2 Å². The standard InChI is InChI=1S/C23H28FN5O.HI/c1-16-5-4-12-28-14-20(27-22(16)28)10-11-26-23(25-3)29-13-17(2)30-21(15-29)18-6-8-19(24)9-7-18;/h4-9,12,14,17,21H,10-11,13,15H2,1-3H3,(H,25,26);1H. The predicted molar refractivity (Wildman–Crippen MR) is 132 cm³/mol. The Morgan fingerprint density at radius 3 is 2.74 bits per heavy atom. The molecule has 1 saturated heterocycles. The quantitative estimate of drug-likeness (QED) is 0.311. The fourth-order valence-corrected chi connectivity index (χ4v) is 3.95. The summed E-state index contributed by atoms with van der Waals surface area (Å²) in [4.78, 5) is 11.4. The number of fused-ring (bicyclic) bond motifs is 1. The monoisotopic (exact) mass is 537 g/mol. The Kier molecular flexibility index (Phi) is 7.88. The van der Waals surface area contributed by atoms with E-state index in [0.29, 0.717) is 6.54 Å². The van der Waals surface area contributed by atoms with Gasteiger partial charge in [-0.25, -0.2) is 9.37 Å². The maximum atomic E-state index is 13.3. The molecule has 2 aromatic heterocycles. The minimum absolute atomic E-state index is 0. The highest BCUT2D eigenvalue weighted by atomic mass is 127. The van der Waals surface area contributed by atoms with Crippen LogP contribution in [0.15, 0.2) is 53.8 Å². The molecule has 1 fully saturated rings. The summed E-state index contributed by atoms with van der Waals surface area (Å²) in [5, 5.41) is 3.46. The predicted octanol–water partition coefficient (Wildman–Crippen LogP) is 3.98. The highest BCUT2D eigenvalue weighted by Crippen LogP contribution is 2.25. The van der Waals surface area contributed by atoms with Crippen molar-refractivity contribution in [3.8, 4) is 0 Å². The van der Waals surface area contributed by atoms with Crippen molar-refractivity contribution in [1.29, 1.82) is 0 Å². The van der Waals surface area contributed by atoms with Crippen LogP contribution in [0.4, 0.5) is 4.39 Å². The molecule has 3 heterocycles. The van der Waals surface area contributed by atoms with Gasteiger partial charge in [-0.15, -0.1) is 24.0 Å². The van der Waals surface area contributed by atoms with Gasteiger partial charge in [-0.2, -0.15) is 0 Å². The van der Waals surface area contributed by atoms with Crippen molar-refractivity contribution in [2.45, 2.75) is 32.5 Å². The molecule has 1 aliphatic heterocycles. The van der Waals surface area contributed by atoms with Crippen LogP contribution in [0.25, 0.3) is 5.65 Å². The Labute approximate surface area is 199 Å². The highest BCUT2D eigenvalue weighted by Gasteiger charge is 2.28. The Hall–Kier alpha value is -2.20. The normalized spacial score (nSPS) is 19.4. The molecule has 166 valence electrons. The molecule has 1 aromatic carbocycles. The molecule has 1 aliphatic rings. The Morgan fingerprint density at radius 2 is 2.03 bits per heavy atom. The number of guanidine groups is 1. The summed E-state index contributed by atoms with van der Waals surface area (Å²) < 4.78 is 21.4. The van der Waals surface area contributed by atoms with Gasteiger partial charge in [-0.1, -0.05) is 18.2 Å². The van der Waals surface area contributed by atoms with Gasteiger partial charge in [0.05, 0.1) is 18.3 Å². The number of aliphatic imine (C=N–C) groups is 1. The van der Waals surface area contributed by atoms with Gasteiger partial charge < -0.3 is 19.4 Å². The number of pyridine rings is 1. The minimum Gasteiger partial charge on any atom is -0.367 e. The maximum Gasteiger partial charge on any atom is 0.193 e. The van der Waals surface area contributed by atoms with E-state index in [1.807, 2.05) is 12.3 Å². The minimum atomic E-state index is -0.237. The molecule has 1 N–H and O–H groups in total. The van der Waals surface area contributed by atoms with Crippen LogP contribution in [0.2, 0.25) is 0 Å². The first kappa shape index (κ1) is 23.5. The van der Waals surface area contributed by atoms with Gasteiger partial charge in [0.1, 0.15) is 17.6 Å². The molecule has 0 amide bonds. The largest absolute Gasteiger partial charge is 0.367 e. The third-order valence-electron chi connectivity index (χ3n) is 5.41. The summed E-state index contributed by atoms with van der Waals surface area (Å²) in [7, 11) is 1.80. The van der Waals surface area contributed by atoms with Crippen LogP contribution in [-0.4, -0.2) is 53.0 Å². The van der Waals surface area contributed by atoms with Gasteiger partial charge in [0.2, 0.25) is 0 Å². The van der Waals surface area contributed by atoms with Gasteiger partial charge in [0.25, 0.3) is 0 Å². The smallest absolute Gasteiger partial charge is 0.193 e. The van der Waals surface area contributed by atoms with E-state index in [2.05, 4.69) is 45.7 Å². The molecular formula is C23H29FIN5O. The van der Waals surface area contributed by atoms with Crippen LogP contribution >= 0.6 is 24.0 Å². The van der Waals surface area contributed by atoms with Crippen LogP contribution in [0.3, 0.4) is 0 Å². The van der Waals surface area contributed by atoms with Gasteiger partial charge in [-0.3, -0.25) is 4.99 Å². The second kappa shape index (κ2) is 10.4. The molecule has 2 atom stereocenters. The number of nitrogens with zero attached hydrogens (tertiary/aromatic N) is 4. The van der Waals surface area contributed by atoms with Crippen LogP contribution in [0.1, 0.15) is 29.8 Å². The van der Waals surface area contributed by atoms with Gasteiger partial charge >= 0.3 is 0 Å². The fourth-order valence-electron chi connectivity index (χ4n) is 3.95. The topological polar surface area (TPSA) is 54.2 Å². The van der Waals surface area contributed by atoms with Crippen molar-refractivity contribution in [1.82, 2.24) is 19.6 Å². The van der Waals surface area contributed by atoms with Crippen LogP contribution in [-0.2, 0) is 11.2 Å². The van der Waals surface area contributed by atoms with Crippen molar-refractivity contribution in [2.24, 2.45) is 4.99 Å². The summed E-state index contributed by atoms with van der Waals surface area (Å²) in [5.74, 6) is 0.608. The average Bonchev–Trinajstić information content (AvgIpc) is 3.16. The number of morpholine rings is 1. The Balaban J connectivity index is 0.00000272. The number of rotatable bonds is 4. The van der Waals surface area contributed by atoms with Crippen molar-refractivity contribution in [3.63, 3.8) is 0 Å². The van der Waals surface area contributed by atoms with Crippen molar-refractivity contribution < 1.29 is 9.13 Å². The first-order valence-corrected chi connectivity index (χ1v) is 10.3. The van der Waals surface area contributed by atoms with Crippen molar-refractivity contribution >= 4 is 35.6 Å². The van der Waals surface area contributed by atoms with E-state index in [-0.39, 0.29) is 42.0 Å². The third-order valence-corrected chi connectivity index (χ3v) is 5.41. The van der Waals surface area contributed by atoms with Crippen molar-refractivity contribution in [2.75, 3.05) is 26.7 Å². The number of hydrogen-bond donors (Lipinski definition) is 1. The Morgan fingerprint density at radius 1 is 1.26 bits per heavy atom. The molecule has 6 nitrogen and oxygen atoms in total. The van der Waals surface area contributed by atoms with E-state index in [4.69, 9.17) is 9.72 Å². The van der Waals surface area contributed by atoms with Gasteiger partial charge in [0.15, 0.2) is 5.96 Å². The number of benzene rings is 1. The first-order chi connectivity index (χ1) is 14.5.